The normalized spacial score (nSPS) is 26.6. The molecule has 1 heterocycles. The van der Waals surface area contributed by atoms with E-state index >= 15 is 0 Å². The second kappa shape index (κ2) is 5.23. The van der Waals surface area contributed by atoms with Crippen LogP contribution in [0.5, 0.6) is 0 Å². The van der Waals surface area contributed by atoms with Crippen LogP contribution in [0.15, 0.2) is 0 Å². The Morgan fingerprint density at radius 3 is 2.25 bits per heavy atom. The number of carbonyl (C=O) groups excluding carboxylic acids is 2. The van der Waals surface area contributed by atoms with Gasteiger partial charge in [-0.2, -0.15) is 0 Å². The highest BCUT2D eigenvalue weighted by Crippen LogP contribution is 2.29. The smallest absolute Gasteiger partial charge is 0.340 e. The van der Waals surface area contributed by atoms with Crippen LogP contribution in [0.1, 0.15) is 34.1 Å². The minimum absolute atomic E-state index is 0.292. The fourth-order valence-electron chi connectivity index (χ4n) is 2.11. The molecule has 1 N–H and O–H groups in total. The first-order valence-corrected chi connectivity index (χ1v) is 6.29. The summed E-state index contributed by atoms with van der Waals surface area (Å²) in [7, 11) is 0. The largest absolute Gasteiger partial charge is 0.522 e. The van der Waals surface area contributed by atoms with E-state index in [9.17, 15) is 22.8 Å². The highest BCUT2D eigenvalue weighted by Gasteiger charge is 2.51. The van der Waals surface area contributed by atoms with Gasteiger partial charge in [-0.1, -0.05) is 6.92 Å². The van der Waals surface area contributed by atoms with Gasteiger partial charge in [0.15, 0.2) is 0 Å². The van der Waals surface area contributed by atoms with Crippen LogP contribution in [-0.2, 0) is 14.3 Å². The second-order valence-corrected chi connectivity index (χ2v) is 5.46. The third-order valence-corrected chi connectivity index (χ3v) is 3.56. The molecule has 1 saturated heterocycles. The maximum absolute atomic E-state index is 12.3. The number of rotatable bonds is 4. The lowest BCUT2D eigenvalue weighted by Gasteiger charge is -2.48. The van der Waals surface area contributed by atoms with Gasteiger partial charge in [0.2, 0.25) is 11.8 Å². The van der Waals surface area contributed by atoms with Gasteiger partial charge in [-0.15, -0.1) is 13.2 Å². The van der Waals surface area contributed by atoms with Gasteiger partial charge in [0.05, 0.1) is 6.61 Å². The Kier molecular flexibility index (Phi) is 4.38. The second-order valence-electron chi connectivity index (χ2n) is 5.46. The van der Waals surface area contributed by atoms with Crippen molar-refractivity contribution in [1.82, 2.24) is 10.2 Å². The van der Waals surface area contributed by atoms with E-state index in [0.717, 1.165) is 4.90 Å². The van der Waals surface area contributed by atoms with Crippen molar-refractivity contribution in [2.45, 2.75) is 51.6 Å². The molecule has 8 heteroatoms. The lowest BCUT2D eigenvalue weighted by molar-refractivity contribution is -0.325. The third-order valence-electron chi connectivity index (χ3n) is 3.56. The van der Waals surface area contributed by atoms with Gasteiger partial charge in [-0.3, -0.25) is 14.3 Å². The standard InChI is InChI=1S/C12H19F3N2O3/c1-5-11(4)8(18)16-10(2,3)9(19)17(11)6-7-20-12(13,14)15/h5-7H2,1-4H3,(H,16,18). The number of carbonyl (C=O) groups is 2. The van der Waals surface area contributed by atoms with Crippen molar-refractivity contribution in [2.75, 3.05) is 13.2 Å². The molecular weight excluding hydrogens is 277 g/mol. The Morgan fingerprint density at radius 2 is 1.80 bits per heavy atom. The summed E-state index contributed by atoms with van der Waals surface area (Å²) in [4.78, 5) is 25.6. The molecule has 20 heavy (non-hydrogen) atoms. The molecule has 1 aliphatic heterocycles. The van der Waals surface area contributed by atoms with Gasteiger partial charge in [-0.05, 0) is 27.2 Å². The van der Waals surface area contributed by atoms with Crippen molar-refractivity contribution < 1.29 is 27.5 Å². The van der Waals surface area contributed by atoms with Crippen LogP contribution >= 0.6 is 0 Å². The van der Waals surface area contributed by atoms with Crippen LogP contribution in [0.2, 0.25) is 0 Å². The molecule has 1 unspecified atom stereocenters. The molecule has 0 aromatic carbocycles. The molecule has 0 bridgehead atoms. The predicted octanol–water partition coefficient (Wildman–Crippen LogP) is 1.43. The van der Waals surface area contributed by atoms with Crippen molar-refractivity contribution >= 4 is 11.8 Å². The first-order valence-electron chi connectivity index (χ1n) is 6.29. The number of nitrogens with zero attached hydrogens (tertiary/aromatic N) is 1. The average Bonchev–Trinajstić information content (AvgIpc) is 2.29. The van der Waals surface area contributed by atoms with E-state index in [4.69, 9.17) is 0 Å². The summed E-state index contributed by atoms with van der Waals surface area (Å²) in [6.45, 7) is 5.26. The van der Waals surface area contributed by atoms with Gasteiger partial charge in [0.1, 0.15) is 11.1 Å². The number of amides is 2. The zero-order valence-corrected chi connectivity index (χ0v) is 11.9. The molecule has 0 aromatic heterocycles. The van der Waals surface area contributed by atoms with Crippen LogP contribution in [0, 0.1) is 0 Å². The van der Waals surface area contributed by atoms with E-state index < -0.39 is 30.0 Å². The zero-order chi connectivity index (χ0) is 15.8. The van der Waals surface area contributed by atoms with Gasteiger partial charge in [0.25, 0.3) is 0 Å². The lowest BCUT2D eigenvalue weighted by atomic mass is 9.86. The summed E-state index contributed by atoms with van der Waals surface area (Å²) in [6, 6.07) is 0. The summed E-state index contributed by atoms with van der Waals surface area (Å²) < 4.78 is 39.7. The van der Waals surface area contributed by atoms with Gasteiger partial charge in [-0.25, -0.2) is 0 Å². The Labute approximate surface area is 115 Å². The molecule has 2 amide bonds. The van der Waals surface area contributed by atoms with E-state index in [2.05, 4.69) is 10.1 Å². The molecule has 1 atom stereocenters. The molecule has 0 aromatic rings. The monoisotopic (exact) mass is 296 g/mol. The van der Waals surface area contributed by atoms with Gasteiger partial charge in [0, 0.05) is 6.54 Å². The van der Waals surface area contributed by atoms with Crippen LogP contribution in [-0.4, -0.2) is 47.3 Å². The molecule has 0 saturated carbocycles. The highest BCUT2D eigenvalue weighted by molar-refractivity contribution is 6.01. The quantitative estimate of drug-likeness (QED) is 0.854. The van der Waals surface area contributed by atoms with Crippen molar-refractivity contribution in [2.24, 2.45) is 0 Å². The molecule has 0 aliphatic carbocycles. The minimum atomic E-state index is -4.75. The Bertz CT molecular complexity index is 409. The number of nitrogens with one attached hydrogen (secondary N) is 1. The average molecular weight is 296 g/mol. The van der Waals surface area contributed by atoms with Crippen LogP contribution in [0.3, 0.4) is 0 Å². The summed E-state index contributed by atoms with van der Waals surface area (Å²) in [6.07, 6.45) is -4.45. The SMILES string of the molecule is CCC1(C)C(=O)NC(C)(C)C(=O)N1CCOC(F)(F)F. The lowest BCUT2D eigenvalue weighted by Crippen LogP contribution is -2.73. The van der Waals surface area contributed by atoms with Crippen LogP contribution < -0.4 is 5.32 Å². The Hall–Kier alpha value is -1.31. The summed E-state index contributed by atoms with van der Waals surface area (Å²) >= 11 is 0. The first-order chi connectivity index (χ1) is 8.94. The number of alkyl halides is 3. The zero-order valence-electron chi connectivity index (χ0n) is 11.9. The number of hydrogen-bond donors (Lipinski definition) is 1. The fraction of sp³-hybridized carbons (Fsp3) is 0.833. The molecule has 116 valence electrons. The maximum atomic E-state index is 12.3. The van der Waals surface area contributed by atoms with Crippen molar-refractivity contribution in [3.63, 3.8) is 0 Å². The maximum Gasteiger partial charge on any atom is 0.522 e. The van der Waals surface area contributed by atoms with E-state index in [1.807, 2.05) is 0 Å². The minimum Gasteiger partial charge on any atom is -0.340 e. The van der Waals surface area contributed by atoms with Crippen molar-refractivity contribution in [3.8, 4) is 0 Å². The van der Waals surface area contributed by atoms with E-state index in [0.29, 0.717) is 6.42 Å². The molecule has 1 rings (SSSR count). The Balaban J connectivity index is 2.91. The van der Waals surface area contributed by atoms with E-state index in [1.165, 1.54) is 20.8 Å². The van der Waals surface area contributed by atoms with Gasteiger partial charge < -0.3 is 10.2 Å². The van der Waals surface area contributed by atoms with Crippen LogP contribution in [0.25, 0.3) is 0 Å². The molecule has 0 spiro atoms. The molecule has 1 fully saturated rings. The molecular formula is C12H19F3N2O3. The van der Waals surface area contributed by atoms with Crippen LogP contribution in [0.4, 0.5) is 13.2 Å². The third kappa shape index (κ3) is 3.23. The summed E-state index contributed by atoms with van der Waals surface area (Å²) in [5, 5.41) is 2.59. The molecule has 0 radical (unpaired) electrons. The topological polar surface area (TPSA) is 58.6 Å². The van der Waals surface area contributed by atoms with Crippen molar-refractivity contribution in [1.29, 1.82) is 0 Å². The number of piperazine rings is 1. The summed E-state index contributed by atoms with van der Waals surface area (Å²) in [5.74, 6) is -0.802. The predicted molar refractivity (Wildman–Crippen MR) is 64.6 cm³/mol. The first kappa shape index (κ1) is 16.7. The number of hydrogen-bond acceptors (Lipinski definition) is 3. The number of halogens is 3. The Morgan fingerprint density at radius 1 is 1.25 bits per heavy atom. The van der Waals surface area contributed by atoms with Crippen molar-refractivity contribution in [3.05, 3.63) is 0 Å². The van der Waals surface area contributed by atoms with E-state index in [-0.39, 0.29) is 12.5 Å². The van der Waals surface area contributed by atoms with E-state index in [1.54, 1.807) is 6.92 Å². The number of ether oxygens (including phenoxy) is 1. The summed E-state index contributed by atoms with van der Waals surface area (Å²) in [5.41, 5.74) is -2.30. The fourth-order valence-corrected chi connectivity index (χ4v) is 2.11. The molecule has 1 aliphatic rings. The highest BCUT2D eigenvalue weighted by atomic mass is 19.4. The van der Waals surface area contributed by atoms with Gasteiger partial charge >= 0.3 is 6.36 Å². The molecule has 5 nitrogen and oxygen atoms in total.